The van der Waals surface area contributed by atoms with Crippen molar-refractivity contribution in [2.75, 3.05) is 13.2 Å². The molecule has 130 valence electrons. The Morgan fingerprint density at radius 1 is 1.24 bits per heavy atom. The lowest BCUT2D eigenvalue weighted by Crippen LogP contribution is -2.20. The molecule has 1 amide bonds. The van der Waals surface area contributed by atoms with E-state index in [1.165, 1.54) is 18.2 Å². The molecule has 3 rings (SSSR count). The van der Waals surface area contributed by atoms with Gasteiger partial charge in [0, 0.05) is 19.0 Å². The molecule has 2 aromatic rings. The molecule has 1 N–H and O–H groups in total. The number of carbonyl (C=O) groups excluding carboxylic acids is 1. The number of fused-ring (bicyclic) bond motifs is 1. The summed E-state index contributed by atoms with van der Waals surface area (Å²) in [5.74, 6) is 0.502. The largest absolute Gasteiger partial charge is 0.489 e. The average Bonchev–Trinajstić information content (AvgIpc) is 2.84. The van der Waals surface area contributed by atoms with Crippen molar-refractivity contribution >= 4 is 23.6 Å². The van der Waals surface area contributed by atoms with Gasteiger partial charge in [0.25, 0.3) is 0 Å². The van der Waals surface area contributed by atoms with Crippen molar-refractivity contribution in [1.82, 2.24) is 5.32 Å². The summed E-state index contributed by atoms with van der Waals surface area (Å²) >= 11 is 6.22. The Labute approximate surface area is 150 Å². The third kappa shape index (κ3) is 4.73. The maximum Gasteiger partial charge on any atom is 0.244 e. The number of nitrogens with one attached hydrogen (secondary N) is 1. The molecule has 0 radical (unpaired) electrons. The molecule has 25 heavy (non-hydrogen) atoms. The van der Waals surface area contributed by atoms with E-state index >= 15 is 0 Å². The zero-order valence-electron chi connectivity index (χ0n) is 13.4. The fraction of sp³-hybridized carbons (Fsp3) is 0.211. The quantitative estimate of drug-likeness (QED) is 0.838. The second-order valence-corrected chi connectivity index (χ2v) is 5.97. The van der Waals surface area contributed by atoms with E-state index in [4.69, 9.17) is 21.1 Å². The Hall–Kier alpha value is -2.53. The van der Waals surface area contributed by atoms with E-state index in [0.29, 0.717) is 41.8 Å². The highest BCUT2D eigenvalue weighted by atomic mass is 35.5. The highest BCUT2D eigenvalue weighted by Gasteiger charge is 2.15. The monoisotopic (exact) mass is 361 g/mol. The zero-order chi connectivity index (χ0) is 17.6. The van der Waals surface area contributed by atoms with Crippen LogP contribution in [0.2, 0.25) is 5.02 Å². The summed E-state index contributed by atoms with van der Waals surface area (Å²) in [5.41, 5.74) is 1.43. The molecule has 0 aromatic heterocycles. The zero-order valence-corrected chi connectivity index (χ0v) is 14.2. The van der Waals surface area contributed by atoms with Crippen LogP contribution in [0.1, 0.15) is 17.5 Å². The van der Waals surface area contributed by atoms with Crippen LogP contribution < -0.4 is 14.8 Å². The number of rotatable bonds is 4. The van der Waals surface area contributed by atoms with Crippen LogP contribution in [0.15, 0.2) is 42.5 Å². The second-order valence-electron chi connectivity index (χ2n) is 5.56. The van der Waals surface area contributed by atoms with Gasteiger partial charge in [-0.05, 0) is 41.5 Å². The van der Waals surface area contributed by atoms with E-state index in [9.17, 15) is 9.18 Å². The standard InChI is InChI=1S/C19H17ClFNO3/c20-16-10-14(11-17-19(16)25-8-2-7-24-17)12-22-18(23)6-5-13-3-1-4-15(21)9-13/h1,3-6,9-11H,2,7-8,12H2,(H,22,23)/b6-5+. The van der Waals surface area contributed by atoms with Gasteiger partial charge < -0.3 is 14.8 Å². The third-order valence-corrected chi connectivity index (χ3v) is 3.89. The first-order valence-electron chi connectivity index (χ1n) is 7.91. The number of carbonyl (C=O) groups is 1. The molecule has 1 heterocycles. The normalized spacial score (nSPS) is 13.5. The van der Waals surface area contributed by atoms with Gasteiger partial charge in [0.1, 0.15) is 5.82 Å². The summed E-state index contributed by atoms with van der Waals surface area (Å²) in [4.78, 5) is 11.9. The van der Waals surface area contributed by atoms with Crippen LogP contribution >= 0.6 is 11.6 Å². The molecule has 0 unspecified atom stereocenters. The van der Waals surface area contributed by atoms with Crippen molar-refractivity contribution < 1.29 is 18.7 Å². The molecular formula is C19H17ClFNO3. The SMILES string of the molecule is O=C(/C=C/c1cccc(F)c1)NCc1cc(Cl)c2c(c1)OCCCO2. The van der Waals surface area contributed by atoms with Gasteiger partial charge in [0.05, 0.1) is 18.2 Å². The lowest BCUT2D eigenvalue weighted by molar-refractivity contribution is -0.116. The Morgan fingerprint density at radius 3 is 2.92 bits per heavy atom. The maximum atomic E-state index is 13.1. The van der Waals surface area contributed by atoms with E-state index in [1.807, 2.05) is 6.07 Å². The molecule has 0 bridgehead atoms. The van der Waals surface area contributed by atoms with Gasteiger partial charge in [-0.2, -0.15) is 0 Å². The molecule has 1 aliphatic rings. The lowest BCUT2D eigenvalue weighted by Gasteiger charge is -2.11. The van der Waals surface area contributed by atoms with Gasteiger partial charge in [-0.15, -0.1) is 0 Å². The summed E-state index contributed by atoms with van der Waals surface area (Å²) in [7, 11) is 0. The molecular weight excluding hydrogens is 345 g/mol. The fourth-order valence-electron chi connectivity index (χ4n) is 2.42. The Kier molecular flexibility index (Phi) is 5.56. The Morgan fingerprint density at radius 2 is 2.08 bits per heavy atom. The molecule has 2 aromatic carbocycles. The van der Waals surface area contributed by atoms with Gasteiger partial charge in [0.2, 0.25) is 5.91 Å². The molecule has 0 atom stereocenters. The van der Waals surface area contributed by atoms with Crippen LogP contribution in [-0.4, -0.2) is 19.1 Å². The predicted octanol–water partition coefficient (Wildman–Crippen LogP) is 3.97. The highest BCUT2D eigenvalue weighted by Crippen LogP contribution is 2.37. The molecule has 0 saturated carbocycles. The van der Waals surface area contributed by atoms with E-state index < -0.39 is 0 Å². The molecule has 0 spiro atoms. The van der Waals surface area contributed by atoms with Crippen LogP contribution in [0.5, 0.6) is 11.5 Å². The lowest BCUT2D eigenvalue weighted by atomic mass is 10.2. The molecule has 0 saturated heterocycles. The maximum absolute atomic E-state index is 13.1. The Balaban J connectivity index is 1.62. The van der Waals surface area contributed by atoms with E-state index in [1.54, 1.807) is 24.3 Å². The molecule has 0 aliphatic carbocycles. The minimum absolute atomic E-state index is 0.285. The molecule has 6 heteroatoms. The summed E-state index contributed by atoms with van der Waals surface area (Å²) < 4.78 is 24.3. The average molecular weight is 362 g/mol. The van der Waals surface area contributed by atoms with Gasteiger partial charge in [0.15, 0.2) is 11.5 Å². The van der Waals surface area contributed by atoms with Gasteiger partial charge in [-0.3, -0.25) is 4.79 Å². The van der Waals surface area contributed by atoms with Crippen LogP contribution in [0.25, 0.3) is 6.08 Å². The first-order valence-corrected chi connectivity index (χ1v) is 8.29. The van der Waals surface area contributed by atoms with Crippen LogP contribution in [-0.2, 0) is 11.3 Å². The van der Waals surface area contributed by atoms with Crippen molar-refractivity contribution in [3.05, 3.63) is 64.4 Å². The number of hydrogen-bond donors (Lipinski definition) is 1. The van der Waals surface area contributed by atoms with E-state index in [-0.39, 0.29) is 11.7 Å². The fourth-order valence-corrected chi connectivity index (χ4v) is 2.70. The van der Waals surface area contributed by atoms with Crippen LogP contribution in [0.4, 0.5) is 4.39 Å². The van der Waals surface area contributed by atoms with Gasteiger partial charge >= 0.3 is 0 Å². The smallest absolute Gasteiger partial charge is 0.244 e. The van der Waals surface area contributed by atoms with Gasteiger partial charge in [-0.1, -0.05) is 23.7 Å². The first-order chi connectivity index (χ1) is 12.1. The minimum atomic E-state index is -0.343. The first kappa shape index (κ1) is 17.3. The van der Waals surface area contributed by atoms with Crippen molar-refractivity contribution in [3.8, 4) is 11.5 Å². The third-order valence-electron chi connectivity index (χ3n) is 3.60. The van der Waals surface area contributed by atoms with Crippen LogP contribution in [0.3, 0.4) is 0 Å². The molecule has 0 fully saturated rings. The van der Waals surface area contributed by atoms with Crippen molar-refractivity contribution in [3.63, 3.8) is 0 Å². The Bertz CT molecular complexity index is 807. The van der Waals surface area contributed by atoms with Crippen molar-refractivity contribution in [1.29, 1.82) is 0 Å². The topological polar surface area (TPSA) is 47.6 Å². The number of halogens is 2. The predicted molar refractivity (Wildman–Crippen MR) is 94.3 cm³/mol. The number of benzene rings is 2. The van der Waals surface area contributed by atoms with Gasteiger partial charge in [-0.25, -0.2) is 4.39 Å². The molecule has 1 aliphatic heterocycles. The highest BCUT2D eigenvalue weighted by molar-refractivity contribution is 6.32. The molecule has 4 nitrogen and oxygen atoms in total. The summed E-state index contributed by atoms with van der Waals surface area (Å²) in [6, 6.07) is 9.57. The minimum Gasteiger partial charge on any atom is -0.489 e. The summed E-state index contributed by atoms with van der Waals surface area (Å²) in [6.45, 7) is 1.42. The van der Waals surface area contributed by atoms with Crippen LogP contribution in [0, 0.1) is 5.82 Å². The van der Waals surface area contributed by atoms with Crippen molar-refractivity contribution in [2.24, 2.45) is 0 Å². The number of amides is 1. The number of hydrogen-bond acceptors (Lipinski definition) is 3. The summed E-state index contributed by atoms with van der Waals surface area (Å²) in [6.07, 6.45) is 3.71. The summed E-state index contributed by atoms with van der Waals surface area (Å²) in [5, 5.41) is 3.22. The van der Waals surface area contributed by atoms with Crippen molar-refractivity contribution in [2.45, 2.75) is 13.0 Å². The second kappa shape index (κ2) is 8.03. The van der Waals surface area contributed by atoms with E-state index in [2.05, 4.69) is 5.32 Å². The number of ether oxygens (including phenoxy) is 2. The van der Waals surface area contributed by atoms with E-state index in [0.717, 1.165) is 12.0 Å².